The topological polar surface area (TPSA) is 75.5 Å². The molecule has 1 aliphatic heterocycles. The molecule has 0 saturated carbocycles. The third-order valence-corrected chi connectivity index (χ3v) is 4.22. The van der Waals surface area contributed by atoms with E-state index in [1.54, 1.807) is 13.0 Å². The van der Waals surface area contributed by atoms with Crippen LogP contribution in [0.3, 0.4) is 0 Å². The molecule has 0 radical (unpaired) electrons. The first kappa shape index (κ1) is 19.4. The van der Waals surface area contributed by atoms with E-state index in [9.17, 15) is 14.9 Å². The number of nitrogens with zero attached hydrogens (tertiary/aromatic N) is 2. The Labute approximate surface area is 142 Å². The average Bonchev–Trinajstić information content (AvgIpc) is 2.52. The summed E-state index contributed by atoms with van der Waals surface area (Å²) in [7, 11) is 1.95. The Morgan fingerprint density at radius 3 is 2.57 bits per heavy atom. The lowest BCUT2D eigenvalue weighted by Gasteiger charge is -2.32. The number of nitrogens with one attached hydrogen (secondary N) is 1. The highest BCUT2D eigenvalue weighted by molar-refractivity contribution is 5.95. The molecule has 1 N–H and O–H groups in total. The molecule has 2 rings (SSSR count). The van der Waals surface area contributed by atoms with Crippen LogP contribution in [0.25, 0.3) is 0 Å². The molecular formula is C16H24ClN3O3. The molecule has 0 bridgehead atoms. The van der Waals surface area contributed by atoms with Gasteiger partial charge in [-0.15, -0.1) is 12.4 Å². The summed E-state index contributed by atoms with van der Waals surface area (Å²) in [6.07, 6.45) is 3.14. The third kappa shape index (κ3) is 5.18. The number of nitro benzene ring substituents is 1. The molecule has 0 unspecified atom stereocenters. The number of piperidine rings is 1. The van der Waals surface area contributed by atoms with Crippen LogP contribution < -0.4 is 5.32 Å². The lowest BCUT2D eigenvalue weighted by molar-refractivity contribution is -0.384. The van der Waals surface area contributed by atoms with Crippen molar-refractivity contribution in [3.63, 3.8) is 0 Å². The van der Waals surface area contributed by atoms with Crippen molar-refractivity contribution in [2.75, 3.05) is 26.7 Å². The smallest absolute Gasteiger partial charge is 0.270 e. The number of rotatable bonds is 5. The largest absolute Gasteiger partial charge is 0.339 e. The normalized spacial score (nSPS) is 15.1. The molecule has 1 aromatic rings. The molecule has 128 valence electrons. The molecule has 6 nitrogen and oxygen atoms in total. The molecule has 1 aromatic carbocycles. The Hall–Kier alpha value is -1.66. The van der Waals surface area contributed by atoms with Gasteiger partial charge in [0.2, 0.25) is 0 Å². The molecule has 0 aliphatic carbocycles. The van der Waals surface area contributed by atoms with Crippen molar-refractivity contribution < 1.29 is 9.72 Å². The number of carbonyl (C=O) groups is 1. The number of hydrogen-bond acceptors (Lipinski definition) is 4. The maximum atomic E-state index is 12.5. The maximum absolute atomic E-state index is 12.5. The number of carbonyl (C=O) groups excluding carboxylic acids is 1. The van der Waals surface area contributed by atoms with Gasteiger partial charge in [-0.1, -0.05) is 0 Å². The van der Waals surface area contributed by atoms with Crippen LogP contribution in [0.5, 0.6) is 0 Å². The molecule has 1 fully saturated rings. The number of hydrogen-bond donors (Lipinski definition) is 1. The van der Waals surface area contributed by atoms with Crippen LogP contribution in [-0.2, 0) is 0 Å². The summed E-state index contributed by atoms with van der Waals surface area (Å²) in [5, 5.41) is 14.1. The van der Waals surface area contributed by atoms with Crippen molar-refractivity contribution >= 4 is 24.0 Å². The van der Waals surface area contributed by atoms with Crippen LogP contribution in [-0.4, -0.2) is 42.4 Å². The SMILES string of the molecule is CNCCC1CCN(C(=O)c2cc(C)cc([N+](=O)[O-])c2)CC1.Cl. The zero-order valence-electron chi connectivity index (χ0n) is 13.6. The van der Waals surface area contributed by atoms with Crippen molar-refractivity contribution in [1.29, 1.82) is 0 Å². The summed E-state index contributed by atoms with van der Waals surface area (Å²) in [5.41, 5.74) is 1.13. The minimum Gasteiger partial charge on any atom is -0.339 e. The van der Waals surface area contributed by atoms with E-state index in [0.717, 1.165) is 44.5 Å². The van der Waals surface area contributed by atoms with Crippen LogP contribution in [0.15, 0.2) is 18.2 Å². The number of benzene rings is 1. The molecule has 23 heavy (non-hydrogen) atoms. The molecule has 0 aromatic heterocycles. The lowest BCUT2D eigenvalue weighted by Crippen LogP contribution is -2.39. The molecular weight excluding hydrogens is 318 g/mol. The van der Waals surface area contributed by atoms with Crippen molar-refractivity contribution in [2.24, 2.45) is 5.92 Å². The molecule has 0 spiro atoms. The highest BCUT2D eigenvalue weighted by Gasteiger charge is 2.24. The fourth-order valence-corrected chi connectivity index (χ4v) is 2.95. The van der Waals surface area contributed by atoms with E-state index >= 15 is 0 Å². The molecule has 1 amide bonds. The molecule has 7 heteroatoms. The quantitative estimate of drug-likeness (QED) is 0.660. The van der Waals surface area contributed by atoms with E-state index in [1.807, 2.05) is 11.9 Å². The van der Waals surface area contributed by atoms with E-state index < -0.39 is 4.92 Å². The summed E-state index contributed by atoms with van der Waals surface area (Å²) >= 11 is 0. The standard InChI is InChI=1S/C16H23N3O3.ClH/c1-12-9-14(11-15(10-12)19(21)22)16(20)18-7-4-13(5-8-18)3-6-17-2;/h9-11,13,17H,3-8H2,1-2H3;1H. The van der Waals surface area contributed by atoms with Gasteiger partial charge >= 0.3 is 0 Å². The monoisotopic (exact) mass is 341 g/mol. The van der Waals surface area contributed by atoms with Gasteiger partial charge in [-0.3, -0.25) is 14.9 Å². The second kappa shape index (κ2) is 8.84. The number of non-ortho nitro benzene ring substituents is 1. The van der Waals surface area contributed by atoms with Crippen LogP contribution in [0.4, 0.5) is 5.69 Å². The van der Waals surface area contributed by atoms with Gasteiger partial charge in [-0.25, -0.2) is 0 Å². The Morgan fingerprint density at radius 2 is 2.00 bits per heavy atom. The predicted molar refractivity (Wildman–Crippen MR) is 92.3 cm³/mol. The van der Waals surface area contributed by atoms with Crippen molar-refractivity contribution in [3.8, 4) is 0 Å². The highest BCUT2D eigenvalue weighted by Crippen LogP contribution is 2.23. The van der Waals surface area contributed by atoms with E-state index in [1.165, 1.54) is 12.1 Å². The van der Waals surface area contributed by atoms with Crippen LogP contribution >= 0.6 is 12.4 Å². The Balaban J connectivity index is 0.00000264. The van der Waals surface area contributed by atoms with Crippen LogP contribution in [0.2, 0.25) is 0 Å². The summed E-state index contributed by atoms with van der Waals surface area (Å²) in [5.74, 6) is 0.558. The zero-order valence-corrected chi connectivity index (χ0v) is 14.4. The Morgan fingerprint density at radius 1 is 1.35 bits per heavy atom. The maximum Gasteiger partial charge on any atom is 0.270 e. The first-order chi connectivity index (χ1) is 10.5. The predicted octanol–water partition coefficient (Wildman–Crippen LogP) is 2.79. The summed E-state index contributed by atoms with van der Waals surface area (Å²) in [6.45, 7) is 4.24. The van der Waals surface area contributed by atoms with E-state index in [4.69, 9.17) is 0 Å². The number of nitro groups is 1. The summed E-state index contributed by atoms with van der Waals surface area (Å²) in [6, 6.07) is 4.59. The van der Waals surface area contributed by atoms with E-state index in [0.29, 0.717) is 11.5 Å². The number of halogens is 1. The zero-order chi connectivity index (χ0) is 16.1. The van der Waals surface area contributed by atoms with Gasteiger partial charge in [0.05, 0.1) is 4.92 Å². The summed E-state index contributed by atoms with van der Waals surface area (Å²) < 4.78 is 0. The van der Waals surface area contributed by atoms with E-state index in [2.05, 4.69) is 5.32 Å². The number of likely N-dealkylation sites (tertiary alicyclic amines) is 1. The second-order valence-corrected chi connectivity index (χ2v) is 5.94. The first-order valence-corrected chi connectivity index (χ1v) is 7.71. The van der Waals surface area contributed by atoms with Crippen molar-refractivity contribution in [1.82, 2.24) is 10.2 Å². The van der Waals surface area contributed by atoms with Gasteiger partial charge in [0, 0.05) is 30.8 Å². The molecule has 1 heterocycles. The molecule has 0 atom stereocenters. The third-order valence-electron chi connectivity index (χ3n) is 4.22. The second-order valence-electron chi connectivity index (χ2n) is 5.94. The van der Waals surface area contributed by atoms with Gasteiger partial charge in [0.15, 0.2) is 0 Å². The minimum atomic E-state index is -0.451. The van der Waals surface area contributed by atoms with Gasteiger partial charge in [0.25, 0.3) is 11.6 Å². The lowest BCUT2D eigenvalue weighted by atomic mass is 9.93. The average molecular weight is 342 g/mol. The van der Waals surface area contributed by atoms with Gasteiger partial charge < -0.3 is 10.2 Å². The fraction of sp³-hybridized carbons (Fsp3) is 0.562. The van der Waals surface area contributed by atoms with Crippen LogP contribution in [0.1, 0.15) is 35.2 Å². The number of amides is 1. The minimum absolute atomic E-state index is 0. The van der Waals surface area contributed by atoms with Gasteiger partial charge in [-0.05, 0) is 57.3 Å². The Kier molecular flexibility index (Phi) is 7.45. The molecule has 1 saturated heterocycles. The fourth-order valence-electron chi connectivity index (χ4n) is 2.95. The van der Waals surface area contributed by atoms with Gasteiger partial charge in [0.1, 0.15) is 0 Å². The molecule has 1 aliphatic rings. The highest BCUT2D eigenvalue weighted by atomic mass is 35.5. The number of aryl methyl sites for hydroxylation is 1. The summed E-state index contributed by atoms with van der Waals surface area (Å²) in [4.78, 5) is 24.8. The Bertz CT molecular complexity index is 558. The first-order valence-electron chi connectivity index (χ1n) is 7.71. The van der Waals surface area contributed by atoms with Crippen molar-refractivity contribution in [2.45, 2.75) is 26.2 Å². The van der Waals surface area contributed by atoms with E-state index in [-0.39, 0.29) is 24.0 Å². The van der Waals surface area contributed by atoms with Crippen molar-refractivity contribution in [3.05, 3.63) is 39.4 Å². The van der Waals surface area contributed by atoms with Crippen LogP contribution in [0, 0.1) is 23.0 Å². The van der Waals surface area contributed by atoms with Gasteiger partial charge in [-0.2, -0.15) is 0 Å².